The molecule has 1 aliphatic heterocycles. The molecule has 0 radical (unpaired) electrons. The summed E-state index contributed by atoms with van der Waals surface area (Å²) < 4.78 is 0. The minimum atomic E-state index is -0.532. The molecule has 0 atom stereocenters. The lowest BCUT2D eigenvalue weighted by Gasteiger charge is -2.34. The Hall–Kier alpha value is -4.23. The Morgan fingerprint density at radius 3 is 2.06 bits per heavy atom. The molecule has 0 unspecified atom stereocenters. The molecule has 1 saturated heterocycles. The summed E-state index contributed by atoms with van der Waals surface area (Å²) in [6, 6.07) is 26.7. The maximum absolute atomic E-state index is 13.5. The molecule has 4 aromatic rings. The van der Waals surface area contributed by atoms with Crippen molar-refractivity contribution in [2.45, 2.75) is 0 Å². The number of likely N-dealkylation sites (N-methyl/N-ethyl adjacent to an activating group) is 1. The first-order valence-corrected chi connectivity index (χ1v) is 11.7. The predicted molar refractivity (Wildman–Crippen MR) is 140 cm³/mol. The van der Waals surface area contributed by atoms with Gasteiger partial charge in [0.1, 0.15) is 5.56 Å². The predicted octanol–water partition coefficient (Wildman–Crippen LogP) is 4.11. The van der Waals surface area contributed by atoms with Gasteiger partial charge in [0.25, 0.3) is 11.5 Å². The van der Waals surface area contributed by atoms with Crippen molar-refractivity contribution in [2.24, 2.45) is 0 Å². The number of nitrogens with zero attached hydrogens (tertiary/aromatic N) is 3. The van der Waals surface area contributed by atoms with Gasteiger partial charge in [0, 0.05) is 48.7 Å². The highest BCUT2D eigenvalue weighted by Gasteiger charge is 2.23. The molecule has 3 aromatic carbocycles. The third-order valence-corrected chi connectivity index (χ3v) is 6.31. The molecule has 0 saturated carbocycles. The van der Waals surface area contributed by atoms with E-state index in [0.717, 1.165) is 43.0 Å². The average Bonchev–Trinajstić information content (AvgIpc) is 2.90. The van der Waals surface area contributed by atoms with E-state index in [1.165, 1.54) is 0 Å². The van der Waals surface area contributed by atoms with Crippen LogP contribution in [0.3, 0.4) is 0 Å². The highest BCUT2D eigenvalue weighted by molar-refractivity contribution is 6.10. The van der Waals surface area contributed by atoms with Crippen molar-refractivity contribution < 1.29 is 4.79 Å². The summed E-state index contributed by atoms with van der Waals surface area (Å²) in [6.07, 6.45) is 0. The first-order chi connectivity index (χ1) is 17.1. The number of carbonyl (C=O) groups excluding carboxylic acids is 1. The van der Waals surface area contributed by atoms with E-state index in [0.29, 0.717) is 16.9 Å². The first-order valence-electron chi connectivity index (χ1n) is 11.7. The molecule has 1 amide bonds. The second kappa shape index (κ2) is 9.95. The van der Waals surface area contributed by atoms with Crippen LogP contribution in [-0.2, 0) is 0 Å². The maximum atomic E-state index is 13.5. The Balaban J connectivity index is 1.48. The molecule has 1 aliphatic rings. The normalized spacial score (nSPS) is 14.0. The molecule has 1 aromatic heterocycles. The zero-order valence-corrected chi connectivity index (χ0v) is 19.6. The molecule has 176 valence electrons. The zero-order chi connectivity index (χ0) is 24.2. The number of anilines is 2. The van der Waals surface area contributed by atoms with Crippen molar-refractivity contribution in [3.05, 3.63) is 101 Å². The molecular formula is C28H27N5O2. The largest absolute Gasteiger partial charge is 0.369 e. The molecule has 2 heterocycles. The van der Waals surface area contributed by atoms with E-state index in [-0.39, 0.29) is 5.56 Å². The lowest BCUT2D eigenvalue weighted by molar-refractivity contribution is 0.102. The smallest absolute Gasteiger partial charge is 0.277 e. The van der Waals surface area contributed by atoms with Gasteiger partial charge in [0.05, 0.1) is 5.69 Å². The van der Waals surface area contributed by atoms with Crippen LogP contribution in [0.4, 0.5) is 11.4 Å². The van der Waals surface area contributed by atoms with Gasteiger partial charge in [0.15, 0.2) is 0 Å². The van der Waals surface area contributed by atoms with Crippen molar-refractivity contribution in [2.75, 3.05) is 43.4 Å². The fourth-order valence-corrected chi connectivity index (χ4v) is 4.37. The SMILES string of the molecule is CN1CCN(c2ccc(NC(=O)c3c(-c4ccccc4)c(-c4ccccc4)n[nH]c3=O)cc2)CC1. The Bertz CT molecular complexity index is 1360. The van der Waals surface area contributed by atoms with Gasteiger partial charge < -0.3 is 15.1 Å². The lowest BCUT2D eigenvalue weighted by Crippen LogP contribution is -2.44. The van der Waals surface area contributed by atoms with Crippen LogP contribution >= 0.6 is 0 Å². The molecule has 5 rings (SSSR count). The van der Waals surface area contributed by atoms with Crippen molar-refractivity contribution in [3.8, 4) is 22.4 Å². The zero-order valence-electron chi connectivity index (χ0n) is 19.6. The molecular weight excluding hydrogens is 438 g/mol. The average molecular weight is 466 g/mol. The number of aromatic amines is 1. The summed E-state index contributed by atoms with van der Waals surface area (Å²) in [5.41, 5.74) is 3.87. The number of hydrogen-bond donors (Lipinski definition) is 2. The number of nitrogens with one attached hydrogen (secondary N) is 2. The van der Waals surface area contributed by atoms with Gasteiger partial charge >= 0.3 is 0 Å². The van der Waals surface area contributed by atoms with Crippen molar-refractivity contribution in [3.63, 3.8) is 0 Å². The van der Waals surface area contributed by atoms with Crippen LogP contribution in [0, 0.1) is 0 Å². The quantitative estimate of drug-likeness (QED) is 0.464. The van der Waals surface area contributed by atoms with Gasteiger partial charge in [-0.1, -0.05) is 60.7 Å². The van der Waals surface area contributed by atoms with Gasteiger partial charge in [-0.25, -0.2) is 5.10 Å². The monoisotopic (exact) mass is 465 g/mol. The van der Waals surface area contributed by atoms with E-state index in [9.17, 15) is 9.59 Å². The molecule has 7 nitrogen and oxygen atoms in total. The minimum absolute atomic E-state index is 0.0354. The van der Waals surface area contributed by atoms with Crippen LogP contribution in [0.25, 0.3) is 22.4 Å². The lowest BCUT2D eigenvalue weighted by atomic mass is 9.95. The standard InChI is InChI=1S/C28H27N5O2/c1-32-16-18-33(19-17-32)23-14-12-22(13-15-23)29-27(34)25-24(20-8-4-2-5-9-20)26(30-31-28(25)35)21-10-6-3-7-11-21/h2-15H,16-19H2,1H3,(H,29,34)(H,31,35). The van der Waals surface area contributed by atoms with Crippen molar-refractivity contribution >= 4 is 17.3 Å². The van der Waals surface area contributed by atoms with E-state index in [1.54, 1.807) is 0 Å². The van der Waals surface area contributed by atoms with E-state index in [4.69, 9.17) is 0 Å². The van der Waals surface area contributed by atoms with Gasteiger partial charge in [-0.15, -0.1) is 0 Å². The highest BCUT2D eigenvalue weighted by atomic mass is 16.2. The Labute approximate surface area is 204 Å². The number of amides is 1. The van der Waals surface area contributed by atoms with Gasteiger partial charge in [-0.2, -0.15) is 5.10 Å². The van der Waals surface area contributed by atoms with E-state index in [1.807, 2.05) is 84.9 Å². The molecule has 0 aliphatic carbocycles. The van der Waals surface area contributed by atoms with E-state index >= 15 is 0 Å². The summed E-state index contributed by atoms with van der Waals surface area (Å²) >= 11 is 0. The summed E-state index contributed by atoms with van der Waals surface area (Å²) in [5, 5.41) is 9.75. The second-order valence-corrected chi connectivity index (χ2v) is 8.67. The second-order valence-electron chi connectivity index (χ2n) is 8.67. The molecule has 2 N–H and O–H groups in total. The summed E-state index contributed by atoms with van der Waals surface area (Å²) in [6.45, 7) is 3.99. The topological polar surface area (TPSA) is 81.3 Å². The van der Waals surface area contributed by atoms with Crippen molar-refractivity contribution in [1.29, 1.82) is 0 Å². The third kappa shape index (κ3) is 4.85. The van der Waals surface area contributed by atoms with E-state index < -0.39 is 11.5 Å². The first kappa shape index (κ1) is 22.6. The fraction of sp³-hybridized carbons (Fsp3) is 0.179. The Morgan fingerprint density at radius 1 is 0.829 bits per heavy atom. The minimum Gasteiger partial charge on any atom is -0.369 e. The summed E-state index contributed by atoms with van der Waals surface area (Å²) in [4.78, 5) is 31.0. The fourth-order valence-electron chi connectivity index (χ4n) is 4.37. The number of carbonyl (C=O) groups is 1. The Morgan fingerprint density at radius 2 is 1.43 bits per heavy atom. The molecule has 1 fully saturated rings. The maximum Gasteiger partial charge on any atom is 0.277 e. The number of aromatic nitrogens is 2. The van der Waals surface area contributed by atoms with Crippen LogP contribution in [0.1, 0.15) is 10.4 Å². The summed E-state index contributed by atoms with van der Waals surface area (Å²) in [7, 11) is 2.13. The molecule has 0 bridgehead atoms. The van der Waals surface area contributed by atoms with Gasteiger partial charge in [0.2, 0.25) is 0 Å². The van der Waals surface area contributed by atoms with E-state index in [2.05, 4.69) is 32.4 Å². The summed E-state index contributed by atoms with van der Waals surface area (Å²) in [5.74, 6) is -0.475. The van der Waals surface area contributed by atoms with Crippen LogP contribution in [0.2, 0.25) is 0 Å². The van der Waals surface area contributed by atoms with Gasteiger partial charge in [-0.05, 0) is 36.9 Å². The van der Waals surface area contributed by atoms with Crippen LogP contribution < -0.4 is 15.8 Å². The van der Waals surface area contributed by atoms with Crippen molar-refractivity contribution in [1.82, 2.24) is 15.1 Å². The number of benzene rings is 3. The number of rotatable bonds is 5. The number of hydrogen-bond acceptors (Lipinski definition) is 5. The number of H-pyrrole nitrogens is 1. The van der Waals surface area contributed by atoms with Gasteiger partial charge in [-0.3, -0.25) is 9.59 Å². The molecule has 7 heteroatoms. The Kier molecular flexibility index (Phi) is 6.41. The number of piperazine rings is 1. The van der Waals surface area contributed by atoms with Crippen LogP contribution in [-0.4, -0.2) is 54.2 Å². The molecule has 0 spiro atoms. The van der Waals surface area contributed by atoms with Crippen LogP contribution in [0.5, 0.6) is 0 Å². The third-order valence-electron chi connectivity index (χ3n) is 6.31. The van der Waals surface area contributed by atoms with Crippen LogP contribution in [0.15, 0.2) is 89.7 Å². The molecule has 35 heavy (non-hydrogen) atoms. The highest BCUT2D eigenvalue weighted by Crippen LogP contribution is 2.32.